The van der Waals surface area contributed by atoms with Crippen LogP contribution in [0.25, 0.3) is 0 Å². The van der Waals surface area contributed by atoms with Gasteiger partial charge in [-0.2, -0.15) is 0 Å². The van der Waals surface area contributed by atoms with Gasteiger partial charge in [0.25, 0.3) is 0 Å². The molecule has 2 rings (SSSR count). The van der Waals surface area contributed by atoms with E-state index in [9.17, 15) is 4.79 Å². The van der Waals surface area contributed by atoms with Gasteiger partial charge < -0.3 is 10.2 Å². The van der Waals surface area contributed by atoms with Crippen LogP contribution >= 0.6 is 11.8 Å². The predicted molar refractivity (Wildman–Crippen MR) is 62.0 cm³/mol. The van der Waals surface area contributed by atoms with Crippen molar-refractivity contribution in [3.8, 4) is 0 Å². The number of nitrogens with zero attached hydrogens (tertiary/aromatic N) is 1. The first-order valence-corrected chi connectivity index (χ1v) is 5.97. The molecule has 80 valence electrons. The Hall–Kier alpha value is -1.16. The summed E-state index contributed by atoms with van der Waals surface area (Å²) in [4.78, 5) is 14.7. The first kappa shape index (κ1) is 10.4. The van der Waals surface area contributed by atoms with Crippen molar-refractivity contribution >= 4 is 17.8 Å². The van der Waals surface area contributed by atoms with Crippen molar-refractivity contribution in [2.45, 2.75) is 11.4 Å². The third kappa shape index (κ3) is 2.26. The number of rotatable bonds is 0. The normalized spacial score (nSPS) is 15.4. The molecular formula is C11H14N2OS. The van der Waals surface area contributed by atoms with Crippen LogP contribution in [0, 0.1) is 0 Å². The smallest absolute Gasteiger partial charge is 0.317 e. The highest BCUT2D eigenvalue weighted by molar-refractivity contribution is 7.99. The molecule has 4 heteroatoms. The zero-order valence-electron chi connectivity index (χ0n) is 8.69. The van der Waals surface area contributed by atoms with Crippen LogP contribution in [0.15, 0.2) is 29.2 Å². The minimum absolute atomic E-state index is 0.00676. The molecule has 1 aromatic rings. The number of carbonyl (C=O) groups excluding carboxylic acids is 1. The van der Waals surface area contributed by atoms with E-state index in [1.165, 1.54) is 10.5 Å². The van der Waals surface area contributed by atoms with Gasteiger partial charge in [0.15, 0.2) is 0 Å². The lowest BCUT2D eigenvalue weighted by Crippen LogP contribution is -2.38. The molecule has 0 aliphatic carbocycles. The van der Waals surface area contributed by atoms with E-state index in [1.54, 1.807) is 7.05 Å². The van der Waals surface area contributed by atoms with Crippen molar-refractivity contribution in [3.05, 3.63) is 29.8 Å². The number of amides is 2. The van der Waals surface area contributed by atoms with E-state index in [0.29, 0.717) is 6.54 Å². The van der Waals surface area contributed by atoms with E-state index in [4.69, 9.17) is 0 Å². The number of hydrogen-bond donors (Lipinski definition) is 1. The van der Waals surface area contributed by atoms with Crippen LogP contribution in [0.5, 0.6) is 0 Å². The maximum Gasteiger partial charge on any atom is 0.317 e. The molecule has 0 unspecified atom stereocenters. The summed E-state index contributed by atoms with van der Waals surface area (Å²) >= 11 is 1.82. The van der Waals surface area contributed by atoms with Gasteiger partial charge in [-0.1, -0.05) is 18.2 Å². The number of hydrogen-bond acceptors (Lipinski definition) is 2. The van der Waals surface area contributed by atoms with Crippen molar-refractivity contribution in [2.24, 2.45) is 0 Å². The molecule has 1 aliphatic heterocycles. The van der Waals surface area contributed by atoms with Gasteiger partial charge in [0.2, 0.25) is 0 Å². The highest BCUT2D eigenvalue weighted by atomic mass is 32.2. The second-order valence-electron chi connectivity index (χ2n) is 3.43. The van der Waals surface area contributed by atoms with Gasteiger partial charge in [-0.15, -0.1) is 11.8 Å². The zero-order valence-corrected chi connectivity index (χ0v) is 9.51. The van der Waals surface area contributed by atoms with Crippen LogP contribution in [0.4, 0.5) is 4.79 Å². The highest BCUT2D eigenvalue weighted by Crippen LogP contribution is 2.26. The summed E-state index contributed by atoms with van der Waals surface area (Å²) < 4.78 is 0. The van der Waals surface area contributed by atoms with E-state index < -0.39 is 0 Å². The Morgan fingerprint density at radius 1 is 1.47 bits per heavy atom. The molecule has 1 N–H and O–H groups in total. The Labute approximate surface area is 93.8 Å². The van der Waals surface area contributed by atoms with Gasteiger partial charge in [-0.3, -0.25) is 0 Å². The standard InChI is InChI=1S/C11H14N2OS/c1-12-11(14)13-6-7-15-10-5-3-2-4-9(10)8-13/h2-5H,6-8H2,1H3,(H,12,14). The maximum atomic E-state index is 11.5. The summed E-state index contributed by atoms with van der Waals surface area (Å²) in [5.74, 6) is 0.963. The van der Waals surface area contributed by atoms with Crippen molar-refractivity contribution in [1.82, 2.24) is 10.2 Å². The van der Waals surface area contributed by atoms with E-state index >= 15 is 0 Å². The monoisotopic (exact) mass is 222 g/mol. The van der Waals surface area contributed by atoms with Crippen molar-refractivity contribution < 1.29 is 4.79 Å². The fourth-order valence-electron chi connectivity index (χ4n) is 1.66. The van der Waals surface area contributed by atoms with Crippen LogP contribution in [0.2, 0.25) is 0 Å². The Morgan fingerprint density at radius 3 is 3.07 bits per heavy atom. The number of carbonyl (C=O) groups is 1. The molecule has 3 nitrogen and oxygen atoms in total. The molecule has 0 aromatic heterocycles. The lowest BCUT2D eigenvalue weighted by Gasteiger charge is -2.19. The molecule has 15 heavy (non-hydrogen) atoms. The highest BCUT2D eigenvalue weighted by Gasteiger charge is 2.17. The molecule has 2 amide bonds. The summed E-state index contributed by atoms with van der Waals surface area (Å²) in [6.07, 6.45) is 0. The molecule has 0 saturated carbocycles. The number of thioether (sulfide) groups is 1. The molecule has 1 aromatic carbocycles. The molecule has 1 aliphatic rings. The minimum Gasteiger partial charge on any atom is -0.341 e. The summed E-state index contributed by atoms with van der Waals surface area (Å²) in [5, 5.41) is 2.67. The minimum atomic E-state index is 0.00676. The second kappa shape index (κ2) is 4.57. The van der Waals surface area contributed by atoms with E-state index in [1.807, 2.05) is 28.8 Å². The molecular weight excluding hydrogens is 208 g/mol. The van der Waals surface area contributed by atoms with Gasteiger partial charge in [0, 0.05) is 30.8 Å². The fraction of sp³-hybridized carbons (Fsp3) is 0.364. The van der Waals surface area contributed by atoms with Gasteiger partial charge in [-0.25, -0.2) is 4.79 Å². The predicted octanol–water partition coefficient (Wildman–Crippen LogP) is 1.93. The number of nitrogens with one attached hydrogen (secondary N) is 1. The van der Waals surface area contributed by atoms with Crippen LogP contribution in [-0.4, -0.2) is 30.3 Å². The molecule has 0 radical (unpaired) electrons. The quantitative estimate of drug-likeness (QED) is 0.727. The van der Waals surface area contributed by atoms with Gasteiger partial charge >= 0.3 is 6.03 Å². The number of urea groups is 1. The second-order valence-corrected chi connectivity index (χ2v) is 4.57. The van der Waals surface area contributed by atoms with Crippen LogP contribution in [0.1, 0.15) is 5.56 Å². The lowest BCUT2D eigenvalue weighted by molar-refractivity contribution is 0.201. The van der Waals surface area contributed by atoms with Gasteiger partial charge in [0.1, 0.15) is 0 Å². The summed E-state index contributed by atoms with van der Waals surface area (Å²) in [5.41, 5.74) is 1.24. The Balaban J connectivity index is 2.21. The molecule has 0 atom stereocenters. The largest absolute Gasteiger partial charge is 0.341 e. The summed E-state index contributed by atoms with van der Waals surface area (Å²) in [7, 11) is 1.67. The van der Waals surface area contributed by atoms with Crippen LogP contribution in [-0.2, 0) is 6.54 Å². The zero-order chi connectivity index (χ0) is 10.7. The first-order chi connectivity index (χ1) is 7.31. The van der Waals surface area contributed by atoms with E-state index in [0.717, 1.165) is 12.3 Å². The Kier molecular flexibility index (Phi) is 3.16. The third-order valence-electron chi connectivity index (χ3n) is 2.45. The molecule has 1 heterocycles. The summed E-state index contributed by atoms with van der Waals surface area (Å²) in [6.45, 7) is 1.52. The first-order valence-electron chi connectivity index (χ1n) is 4.98. The maximum absolute atomic E-state index is 11.5. The topological polar surface area (TPSA) is 32.3 Å². The Bertz CT molecular complexity index is 367. The van der Waals surface area contributed by atoms with Crippen LogP contribution < -0.4 is 5.32 Å². The molecule has 0 fully saturated rings. The summed E-state index contributed by atoms with van der Waals surface area (Å²) in [6, 6.07) is 8.28. The number of fused-ring (bicyclic) bond motifs is 1. The van der Waals surface area contributed by atoms with Crippen molar-refractivity contribution in [2.75, 3.05) is 19.3 Å². The van der Waals surface area contributed by atoms with Gasteiger partial charge in [-0.05, 0) is 11.6 Å². The van der Waals surface area contributed by atoms with Crippen molar-refractivity contribution in [3.63, 3.8) is 0 Å². The average Bonchev–Trinajstić information content (AvgIpc) is 2.49. The number of benzene rings is 1. The SMILES string of the molecule is CNC(=O)N1CCSc2ccccc2C1. The van der Waals surface area contributed by atoms with E-state index in [-0.39, 0.29) is 6.03 Å². The average molecular weight is 222 g/mol. The van der Waals surface area contributed by atoms with Crippen LogP contribution in [0.3, 0.4) is 0 Å². The molecule has 0 bridgehead atoms. The Morgan fingerprint density at radius 2 is 2.27 bits per heavy atom. The molecule has 0 saturated heterocycles. The lowest BCUT2D eigenvalue weighted by atomic mass is 10.2. The van der Waals surface area contributed by atoms with Gasteiger partial charge in [0.05, 0.1) is 0 Å². The molecule has 0 spiro atoms. The van der Waals surface area contributed by atoms with Crippen molar-refractivity contribution in [1.29, 1.82) is 0 Å². The fourth-order valence-corrected chi connectivity index (χ4v) is 2.68. The van der Waals surface area contributed by atoms with E-state index in [2.05, 4.69) is 17.4 Å². The third-order valence-corrected chi connectivity index (χ3v) is 3.55.